The molecule has 39 heavy (non-hydrogen) atoms. The van der Waals surface area contributed by atoms with Crippen LogP contribution in [0.25, 0.3) is 21.3 Å². The Morgan fingerprint density at radius 2 is 1.97 bits per heavy atom. The van der Waals surface area contributed by atoms with Crippen molar-refractivity contribution in [1.29, 1.82) is 0 Å². The first kappa shape index (κ1) is 27.1. The molecule has 2 aliphatic rings. The molecular weight excluding hydrogens is 549 g/mol. The minimum atomic E-state index is -4.07. The standard InChI is InChI=1S/C25H26FN5O6S2/c1-36-8-9-39(34,35)22(24(33)27-12-21(32)29-16-6-7-16)25-30-19-11-18(26)17(10-20(19)38-25)14-2-4-15(5-3-14)23-28-13-37-31-23/h2-5,10-11,16,22H,6-9,12-13H2,1H3,(H,27,33)(H,28,31)(H,29,32). The second-order valence-corrected chi connectivity index (χ2v) is 12.4. The largest absolute Gasteiger partial charge is 0.384 e. The molecule has 0 spiro atoms. The van der Waals surface area contributed by atoms with E-state index < -0.39 is 38.5 Å². The molecule has 2 aromatic carbocycles. The number of hydrogen-bond donors (Lipinski definition) is 3. The summed E-state index contributed by atoms with van der Waals surface area (Å²) in [6.07, 6.45) is 1.76. The Morgan fingerprint density at radius 1 is 1.23 bits per heavy atom. The maximum absolute atomic E-state index is 15.1. The van der Waals surface area contributed by atoms with E-state index in [1.54, 1.807) is 30.3 Å². The summed E-state index contributed by atoms with van der Waals surface area (Å²) in [7, 11) is -2.72. The van der Waals surface area contributed by atoms with Crippen molar-refractivity contribution in [3.8, 4) is 11.1 Å². The summed E-state index contributed by atoms with van der Waals surface area (Å²) in [5.74, 6) is -1.67. The van der Waals surface area contributed by atoms with Crippen LogP contribution < -0.4 is 16.1 Å². The SMILES string of the molecule is COCCS(=O)(=O)C(C(=O)NCC(=O)NC1CC1)c1nc2cc(F)c(-c3ccc(C4=NCON4)cc3)cc2s1. The Labute approximate surface area is 227 Å². The molecule has 1 aromatic heterocycles. The number of amides is 2. The number of fused-ring (bicyclic) bond motifs is 1. The van der Waals surface area contributed by atoms with Gasteiger partial charge in [0, 0.05) is 30.3 Å². The van der Waals surface area contributed by atoms with Crippen molar-refractivity contribution in [3.05, 3.63) is 52.8 Å². The summed E-state index contributed by atoms with van der Waals surface area (Å²) in [5, 5.41) is 3.46. The molecule has 14 heteroatoms. The molecule has 11 nitrogen and oxygen atoms in total. The molecule has 0 saturated heterocycles. The monoisotopic (exact) mass is 575 g/mol. The van der Waals surface area contributed by atoms with Gasteiger partial charge in [-0.3, -0.25) is 14.4 Å². The van der Waals surface area contributed by atoms with Crippen LogP contribution in [-0.2, 0) is 29.0 Å². The number of aromatic nitrogens is 1. The molecule has 3 N–H and O–H groups in total. The fourth-order valence-corrected chi connectivity index (χ4v) is 6.96. The van der Waals surface area contributed by atoms with Gasteiger partial charge in [-0.2, -0.15) is 0 Å². The molecule has 1 saturated carbocycles. The zero-order chi connectivity index (χ0) is 27.6. The van der Waals surface area contributed by atoms with Gasteiger partial charge in [0.2, 0.25) is 11.8 Å². The van der Waals surface area contributed by atoms with Crippen molar-refractivity contribution in [2.75, 3.05) is 32.7 Å². The first-order chi connectivity index (χ1) is 18.7. The van der Waals surface area contributed by atoms with Gasteiger partial charge in [0.25, 0.3) is 0 Å². The van der Waals surface area contributed by atoms with Crippen molar-refractivity contribution < 1.29 is 32.0 Å². The van der Waals surface area contributed by atoms with E-state index >= 15 is 4.39 Å². The molecular formula is C25H26FN5O6S2. The lowest BCUT2D eigenvalue weighted by molar-refractivity contribution is -0.126. The number of benzene rings is 2. The predicted octanol–water partition coefficient (Wildman–Crippen LogP) is 1.84. The fourth-order valence-electron chi connectivity index (χ4n) is 4.00. The molecule has 5 rings (SSSR count). The molecule has 1 unspecified atom stereocenters. The number of hydrogen-bond acceptors (Lipinski definition) is 10. The van der Waals surface area contributed by atoms with Crippen molar-refractivity contribution in [3.63, 3.8) is 0 Å². The number of aliphatic imine (C=N–C) groups is 1. The summed E-state index contributed by atoms with van der Waals surface area (Å²) in [6.45, 7) is -0.272. The Balaban J connectivity index is 1.43. The highest BCUT2D eigenvalue weighted by Crippen LogP contribution is 2.35. The normalized spacial score (nSPS) is 16.0. The van der Waals surface area contributed by atoms with Crippen LogP contribution in [0.5, 0.6) is 0 Å². The Hall–Kier alpha value is -3.46. The third-order valence-electron chi connectivity index (χ3n) is 6.18. The average molecular weight is 576 g/mol. The Kier molecular flexibility index (Phi) is 7.88. The van der Waals surface area contributed by atoms with Crippen molar-refractivity contribution in [2.45, 2.75) is 24.1 Å². The van der Waals surface area contributed by atoms with E-state index in [9.17, 15) is 18.0 Å². The summed E-state index contributed by atoms with van der Waals surface area (Å²) in [5.41, 5.74) is 4.59. The lowest BCUT2D eigenvalue weighted by Crippen LogP contribution is -2.41. The highest BCUT2D eigenvalue weighted by Gasteiger charge is 2.37. The fraction of sp³-hybridized carbons (Fsp3) is 0.360. The number of sulfone groups is 1. The van der Waals surface area contributed by atoms with Gasteiger partial charge in [-0.05, 0) is 24.5 Å². The molecule has 1 aliphatic heterocycles. The lowest BCUT2D eigenvalue weighted by Gasteiger charge is -2.15. The van der Waals surface area contributed by atoms with Crippen LogP contribution in [0.15, 0.2) is 41.4 Å². The molecule has 0 radical (unpaired) electrons. The van der Waals surface area contributed by atoms with E-state index in [0.29, 0.717) is 21.7 Å². The molecule has 206 valence electrons. The number of hydroxylamine groups is 1. The number of ether oxygens (including phenoxy) is 1. The van der Waals surface area contributed by atoms with Crippen LogP contribution in [0.1, 0.15) is 28.7 Å². The van der Waals surface area contributed by atoms with Gasteiger partial charge in [0.15, 0.2) is 27.7 Å². The maximum atomic E-state index is 15.1. The summed E-state index contributed by atoms with van der Waals surface area (Å²) in [4.78, 5) is 38.6. The zero-order valence-electron chi connectivity index (χ0n) is 20.9. The van der Waals surface area contributed by atoms with Gasteiger partial charge in [0.05, 0.1) is 29.1 Å². The van der Waals surface area contributed by atoms with Gasteiger partial charge in [0.1, 0.15) is 10.8 Å². The maximum Gasteiger partial charge on any atom is 0.245 e. The van der Waals surface area contributed by atoms with Crippen LogP contribution in [0.3, 0.4) is 0 Å². The highest BCUT2D eigenvalue weighted by atomic mass is 32.2. The molecule has 2 heterocycles. The van der Waals surface area contributed by atoms with Gasteiger partial charge in [-0.15, -0.1) is 11.3 Å². The summed E-state index contributed by atoms with van der Waals surface area (Å²) in [6, 6.07) is 9.93. The number of carbonyl (C=O) groups excluding carboxylic acids is 2. The number of halogens is 1. The third kappa shape index (κ3) is 6.24. The molecule has 1 fully saturated rings. The van der Waals surface area contributed by atoms with E-state index in [1.807, 2.05) is 0 Å². The number of nitrogens with zero attached hydrogens (tertiary/aromatic N) is 2. The topological polar surface area (TPSA) is 148 Å². The van der Waals surface area contributed by atoms with E-state index in [-0.39, 0.29) is 36.4 Å². The Bertz CT molecular complexity index is 1540. The van der Waals surface area contributed by atoms with Gasteiger partial charge >= 0.3 is 0 Å². The first-order valence-electron chi connectivity index (χ1n) is 12.2. The molecule has 1 aliphatic carbocycles. The van der Waals surface area contributed by atoms with E-state index in [0.717, 1.165) is 29.7 Å². The number of rotatable bonds is 11. The number of nitrogens with one attached hydrogen (secondary N) is 3. The number of thiazole rings is 1. The van der Waals surface area contributed by atoms with Gasteiger partial charge in [-0.25, -0.2) is 28.3 Å². The second-order valence-electron chi connectivity index (χ2n) is 9.11. The minimum Gasteiger partial charge on any atom is -0.384 e. The van der Waals surface area contributed by atoms with E-state index in [1.165, 1.54) is 13.2 Å². The molecule has 0 bridgehead atoms. The van der Waals surface area contributed by atoms with Crippen LogP contribution in [-0.4, -0.2) is 69.8 Å². The zero-order valence-corrected chi connectivity index (χ0v) is 22.5. The average Bonchev–Trinajstić information content (AvgIpc) is 3.38. The smallest absolute Gasteiger partial charge is 0.245 e. The molecule has 2 amide bonds. The van der Waals surface area contributed by atoms with Crippen LogP contribution in [0, 0.1) is 5.82 Å². The predicted molar refractivity (Wildman–Crippen MR) is 143 cm³/mol. The first-order valence-corrected chi connectivity index (χ1v) is 14.7. The van der Waals surface area contributed by atoms with Gasteiger partial charge < -0.3 is 15.4 Å². The van der Waals surface area contributed by atoms with Gasteiger partial charge in [-0.1, -0.05) is 24.3 Å². The van der Waals surface area contributed by atoms with E-state index in [4.69, 9.17) is 9.57 Å². The van der Waals surface area contributed by atoms with Crippen LogP contribution >= 0.6 is 11.3 Å². The van der Waals surface area contributed by atoms with Crippen LogP contribution in [0.2, 0.25) is 0 Å². The Morgan fingerprint density at radius 3 is 2.64 bits per heavy atom. The second kappa shape index (κ2) is 11.3. The molecule has 1 atom stereocenters. The van der Waals surface area contributed by atoms with Crippen molar-refractivity contribution in [2.24, 2.45) is 4.99 Å². The van der Waals surface area contributed by atoms with Crippen LogP contribution in [0.4, 0.5) is 4.39 Å². The summed E-state index contributed by atoms with van der Waals surface area (Å²) < 4.78 is 46.9. The number of amidine groups is 1. The molecule has 3 aromatic rings. The minimum absolute atomic E-state index is 0.0154. The number of carbonyl (C=O) groups is 2. The lowest BCUT2D eigenvalue weighted by atomic mass is 10.0. The van der Waals surface area contributed by atoms with E-state index in [2.05, 4.69) is 26.1 Å². The third-order valence-corrected chi connectivity index (χ3v) is 9.30. The quantitative estimate of drug-likeness (QED) is 0.314. The summed E-state index contributed by atoms with van der Waals surface area (Å²) >= 11 is 0.985. The van der Waals surface area contributed by atoms with Crippen molar-refractivity contribution >= 4 is 49.0 Å². The van der Waals surface area contributed by atoms with Crippen molar-refractivity contribution in [1.82, 2.24) is 21.1 Å². The number of methoxy groups -OCH3 is 1. The highest BCUT2D eigenvalue weighted by molar-refractivity contribution is 7.92.